The van der Waals surface area contributed by atoms with Gasteiger partial charge in [-0.25, -0.2) is 0 Å². The molecule has 0 bridgehead atoms. The van der Waals surface area contributed by atoms with Gasteiger partial charge in [-0.1, -0.05) is 6.92 Å². The van der Waals surface area contributed by atoms with Crippen LogP contribution in [0.15, 0.2) is 4.99 Å². The number of hydrogen-bond acceptors (Lipinski definition) is 2. The molecule has 16 heavy (non-hydrogen) atoms. The number of nitrogens with zero attached hydrogens (tertiary/aromatic N) is 2. The maximum Gasteiger partial charge on any atom is 0.188 e. The van der Waals surface area contributed by atoms with Crippen LogP contribution in [0, 0.1) is 5.92 Å². The van der Waals surface area contributed by atoms with Gasteiger partial charge in [0.2, 0.25) is 0 Å². The third-order valence-electron chi connectivity index (χ3n) is 3.50. The first-order valence-corrected chi connectivity index (χ1v) is 6.53. The zero-order chi connectivity index (χ0) is 11.4. The van der Waals surface area contributed by atoms with Crippen LogP contribution < -0.4 is 11.1 Å². The number of guanidine groups is 1. The van der Waals surface area contributed by atoms with Crippen molar-refractivity contribution in [3.05, 3.63) is 0 Å². The van der Waals surface area contributed by atoms with Gasteiger partial charge in [0.15, 0.2) is 5.96 Å². The van der Waals surface area contributed by atoms with E-state index in [4.69, 9.17) is 5.73 Å². The third-order valence-corrected chi connectivity index (χ3v) is 3.50. The van der Waals surface area contributed by atoms with Crippen molar-refractivity contribution in [3.63, 3.8) is 0 Å². The van der Waals surface area contributed by atoms with Gasteiger partial charge < -0.3 is 16.0 Å². The number of likely N-dealkylation sites (tertiary alicyclic amines) is 1. The van der Waals surface area contributed by atoms with Gasteiger partial charge >= 0.3 is 0 Å². The Morgan fingerprint density at radius 3 is 2.62 bits per heavy atom. The Bertz CT molecular complexity index is 239. The zero-order valence-corrected chi connectivity index (χ0v) is 10.3. The van der Waals surface area contributed by atoms with Crippen molar-refractivity contribution in [1.82, 2.24) is 10.2 Å². The van der Waals surface area contributed by atoms with E-state index in [2.05, 4.69) is 22.1 Å². The molecule has 1 aliphatic carbocycles. The molecule has 0 radical (unpaired) electrons. The molecule has 0 spiro atoms. The molecular weight excluding hydrogens is 200 g/mol. The average Bonchev–Trinajstić information content (AvgIpc) is 3.05. The summed E-state index contributed by atoms with van der Waals surface area (Å²) >= 11 is 0. The van der Waals surface area contributed by atoms with E-state index in [-0.39, 0.29) is 0 Å². The summed E-state index contributed by atoms with van der Waals surface area (Å²) < 4.78 is 0. The first-order valence-electron chi connectivity index (χ1n) is 6.53. The van der Waals surface area contributed by atoms with Crippen LogP contribution in [-0.2, 0) is 0 Å². The minimum absolute atomic E-state index is 0.611. The highest BCUT2D eigenvalue weighted by Crippen LogP contribution is 2.18. The average molecular weight is 224 g/mol. The highest BCUT2D eigenvalue weighted by atomic mass is 15.2. The predicted molar refractivity (Wildman–Crippen MR) is 67.5 cm³/mol. The predicted octanol–water partition coefficient (Wildman–Crippen LogP) is 0.785. The monoisotopic (exact) mass is 224 g/mol. The summed E-state index contributed by atoms with van der Waals surface area (Å²) in [5.41, 5.74) is 5.77. The van der Waals surface area contributed by atoms with Gasteiger partial charge in [-0.15, -0.1) is 0 Å². The van der Waals surface area contributed by atoms with Crippen molar-refractivity contribution >= 4 is 5.96 Å². The van der Waals surface area contributed by atoms with Crippen molar-refractivity contribution in [2.45, 2.75) is 38.6 Å². The number of nitrogens with one attached hydrogen (secondary N) is 1. The van der Waals surface area contributed by atoms with Crippen molar-refractivity contribution in [3.8, 4) is 0 Å². The lowest BCUT2D eigenvalue weighted by atomic mass is 9.99. The maximum atomic E-state index is 5.77. The second-order valence-corrected chi connectivity index (χ2v) is 5.21. The molecule has 0 aromatic heterocycles. The zero-order valence-electron chi connectivity index (χ0n) is 10.3. The van der Waals surface area contributed by atoms with Gasteiger partial charge in [-0.2, -0.15) is 0 Å². The summed E-state index contributed by atoms with van der Waals surface area (Å²) in [5.74, 6) is 1.54. The van der Waals surface area contributed by atoms with Gasteiger partial charge in [-0.3, -0.25) is 4.99 Å². The summed E-state index contributed by atoms with van der Waals surface area (Å²) in [6, 6.07) is 0.611. The van der Waals surface area contributed by atoms with Crippen molar-refractivity contribution in [1.29, 1.82) is 0 Å². The number of nitrogens with two attached hydrogens (primary N) is 1. The lowest BCUT2D eigenvalue weighted by Gasteiger charge is -2.29. The lowest BCUT2D eigenvalue weighted by molar-refractivity contribution is 0.197. The summed E-state index contributed by atoms with van der Waals surface area (Å²) in [5, 5.41) is 3.21. The molecule has 2 fully saturated rings. The summed E-state index contributed by atoms with van der Waals surface area (Å²) in [7, 11) is 0. The molecular formula is C12H24N4. The Labute approximate surface area is 98.3 Å². The van der Waals surface area contributed by atoms with Gasteiger partial charge in [0.1, 0.15) is 0 Å². The molecule has 4 nitrogen and oxygen atoms in total. The molecule has 0 atom stereocenters. The first-order chi connectivity index (χ1) is 7.74. The van der Waals surface area contributed by atoms with E-state index in [0.29, 0.717) is 12.0 Å². The molecule has 3 N–H and O–H groups in total. The summed E-state index contributed by atoms with van der Waals surface area (Å²) in [6.07, 6.45) is 5.17. The molecule has 0 unspecified atom stereocenters. The standard InChI is InChI=1S/C12H24N4/c1-10-4-7-16(8-5-10)9-6-14-12(13)15-11-2-3-11/h10-11H,2-9H2,1H3,(H3,13,14,15). The van der Waals surface area contributed by atoms with Gasteiger partial charge in [0.05, 0.1) is 6.54 Å². The fourth-order valence-corrected chi connectivity index (χ4v) is 2.08. The van der Waals surface area contributed by atoms with Crippen LogP contribution in [0.1, 0.15) is 32.6 Å². The molecule has 4 heteroatoms. The molecule has 0 amide bonds. The summed E-state index contributed by atoms with van der Waals surface area (Å²) in [6.45, 7) is 6.69. The first kappa shape index (κ1) is 11.7. The van der Waals surface area contributed by atoms with Crippen LogP contribution in [0.4, 0.5) is 0 Å². The second kappa shape index (κ2) is 5.53. The van der Waals surface area contributed by atoms with Crippen molar-refractivity contribution < 1.29 is 0 Å². The molecule has 92 valence electrons. The second-order valence-electron chi connectivity index (χ2n) is 5.21. The van der Waals surface area contributed by atoms with E-state index < -0.39 is 0 Å². The normalized spacial score (nSPS) is 24.7. The molecule has 0 aromatic carbocycles. The molecule has 1 heterocycles. The molecule has 2 aliphatic rings. The number of hydrogen-bond donors (Lipinski definition) is 2. The van der Waals surface area contributed by atoms with E-state index in [1.54, 1.807) is 0 Å². The number of piperidine rings is 1. The van der Waals surface area contributed by atoms with Crippen LogP contribution in [0.25, 0.3) is 0 Å². The van der Waals surface area contributed by atoms with Gasteiger partial charge in [0, 0.05) is 12.6 Å². The Morgan fingerprint density at radius 2 is 2.00 bits per heavy atom. The molecule has 1 saturated heterocycles. The fourth-order valence-electron chi connectivity index (χ4n) is 2.08. The smallest absolute Gasteiger partial charge is 0.188 e. The molecule has 0 aromatic rings. The topological polar surface area (TPSA) is 53.6 Å². The van der Waals surface area contributed by atoms with Crippen molar-refractivity contribution in [2.24, 2.45) is 16.6 Å². The Morgan fingerprint density at radius 1 is 1.31 bits per heavy atom. The van der Waals surface area contributed by atoms with Crippen molar-refractivity contribution in [2.75, 3.05) is 26.2 Å². The van der Waals surface area contributed by atoms with E-state index in [9.17, 15) is 0 Å². The Kier molecular flexibility index (Phi) is 4.04. The van der Waals surface area contributed by atoms with E-state index in [0.717, 1.165) is 19.0 Å². The molecule has 1 aliphatic heterocycles. The highest BCUT2D eigenvalue weighted by molar-refractivity contribution is 5.78. The minimum atomic E-state index is 0.611. The minimum Gasteiger partial charge on any atom is -0.370 e. The molecule has 2 rings (SSSR count). The third kappa shape index (κ3) is 4.00. The summed E-state index contributed by atoms with van der Waals surface area (Å²) in [4.78, 5) is 6.85. The highest BCUT2D eigenvalue weighted by Gasteiger charge is 2.21. The van der Waals surface area contributed by atoms with E-state index in [1.807, 2.05) is 0 Å². The SMILES string of the molecule is CC1CCN(CCN=C(N)NC2CC2)CC1. The largest absolute Gasteiger partial charge is 0.370 e. The maximum absolute atomic E-state index is 5.77. The van der Waals surface area contributed by atoms with Crippen LogP contribution in [0.2, 0.25) is 0 Å². The van der Waals surface area contributed by atoms with Gasteiger partial charge in [-0.05, 0) is 44.7 Å². The van der Waals surface area contributed by atoms with Crippen LogP contribution in [-0.4, -0.2) is 43.1 Å². The van der Waals surface area contributed by atoms with Crippen LogP contribution in [0.3, 0.4) is 0 Å². The quantitative estimate of drug-likeness (QED) is 0.548. The Hall–Kier alpha value is -0.770. The number of aliphatic imine (C=N–C) groups is 1. The number of rotatable bonds is 4. The van der Waals surface area contributed by atoms with E-state index >= 15 is 0 Å². The molecule has 1 saturated carbocycles. The van der Waals surface area contributed by atoms with Crippen LogP contribution >= 0.6 is 0 Å². The Balaban J connectivity index is 1.59. The lowest BCUT2D eigenvalue weighted by Crippen LogP contribution is -2.36. The fraction of sp³-hybridized carbons (Fsp3) is 0.917. The van der Waals surface area contributed by atoms with Crippen LogP contribution in [0.5, 0.6) is 0 Å². The van der Waals surface area contributed by atoms with E-state index in [1.165, 1.54) is 38.8 Å². The van der Waals surface area contributed by atoms with Gasteiger partial charge in [0.25, 0.3) is 0 Å².